The van der Waals surface area contributed by atoms with Gasteiger partial charge in [-0.05, 0) is 32.9 Å². The summed E-state index contributed by atoms with van der Waals surface area (Å²) in [6, 6.07) is 0. The number of hydrogen-bond donors (Lipinski definition) is 1. The van der Waals surface area contributed by atoms with Gasteiger partial charge in [0.05, 0.1) is 4.05 Å². The van der Waals surface area contributed by atoms with Gasteiger partial charge >= 0.3 is 0 Å². The van der Waals surface area contributed by atoms with Gasteiger partial charge in [0.15, 0.2) is 0 Å². The first-order chi connectivity index (χ1) is 6.11. The van der Waals surface area contributed by atoms with Crippen LogP contribution < -0.4 is 5.84 Å². The van der Waals surface area contributed by atoms with Crippen molar-refractivity contribution in [3.63, 3.8) is 0 Å². The van der Waals surface area contributed by atoms with Gasteiger partial charge in [0, 0.05) is 18.5 Å². The SMILES string of the molecule is CC(I)N1CCC2(CC1)CN(N)C2. The Morgan fingerprint density at radius 3 is 2.23 bits per heavy atom. The van der Waals surface area contributed by atoms with Crippen molar-refractivity contribution >= 4 is 22.6 Å². The van der Waals surface area contributed by atoms with Crippen molar-refractivity contribution in [2.24, 2.45) is 11.3 Å². The molecule has 2 aliphatic rings. The Labute approximate surface area is 93.7 Å². The zero-order valence-electron chi connectivity index (χ0n) is 8.17. The molecule has 2 fully saturated rings. The summed E-state index contributed by atoms with van der Waals surface area (Å²) in [5.74, 6) is 5.70. The molecule has 1 spiro atoms. The lowest BCUT2D eigenvalue weighted by Crippen LogP contribution is -2.62. The topological polar surface area (TPSA) is 32.5 Å². The van der Waals surface area contributed by atoms with E-state index in [-0.39, 0.29) is 0 Å². The van der Waals surface area contributed by atoms with Gasteiger partial charge in [-0.2, -0.15) is 0 Å². The number of piperidine rings is 1. The molecule has 2 rings (SSSR count). The summed E-state index contributed by atoms with van der Waals surface area (Å²) >= 11 is 2.50. The van der Waals surface area contributed by atoms with Crippen LogP contribution in [0.4, 0.5) is 0 Å². The molecule has 0 aliphatic carbocycles. The fraction of sp³-hybridized carbons (Fsp3) is 1.00. The molecule has 0 bridgehead atoms. The van der Waals surface area contributed by atoms with Crippen LogP contribution >= 0.6 is 22.6 Å². The third-order valence-electron chi connectivity index (χ3n) is 3.44. The molecule has 0 saturated carbocycles. The highest BCUT2D eigenvalue weighted by molar-refractivity contribution is 14.1. The zero-order valence-corrected chi connectivity index (χ0v) is 10.3. The monoisotopic (exact) mass is 295 g/mol. The maximum Gasteiger partial charge on any atom is 0.0589 e. The van der Waals surface area contributed by atoms with Gasteiger partial charge in [-0.25, -0.2) is 5.01 Å². The third kappa shape index (κ3) is 2.00. The van der Waals surface area contributed by atoms with Gasteiger partial charge in [-0.1, -0.05) is 22.6 Å². The van der Waals surface area contributed by atoms with Crippen molar-refractivity contribution in [2.75, 3.05) is 26.2 Å². The fourth-order valence-corrected chi connectivity index (χ4v) is 3.04. The van der Waals surface area contributed by atoms with E-state index in [0.29, 0.717) is 9.46 Å². The molecule has 2 heterocycles. The van der Waals surface area contributed by atoms with Crippen LogP contribution in [0.1, 0.15) is 19.8 Å². The molecule has 0 aromatic carbocycles. The second-order valence-corrected chi connectivity index (χ2v) is 6.32. The molecule has 2 saturated heterocycles. The van der Waals surface area contributed by atoms with Crippen LogP contribution in [0.25, 0.3) is 0 Å². The van der Waals surface area contributed by atoms with Gasteiger partial charge in [0.25, 0.3) is 0 Å². The average molecular weight is 295 g/mol. The van der Waals surface area contributed by atoms with Gasteiger partial charge < -0.3 is 0 Å². The molecule has 0 amide bonds. The molecule has 1 atom stereocenters. The highest BCUT2D eigenvalue weighted by atomic mass is 127. The van der Waals surface area contributed by atoms with Crippen molar-refractivity contribution in [3.8, 4) is 0 Å². The van der Waals surface area contributed by atoms with E-state index in [9.17, 15) is 0 Å². The Hall–Kier alpha value is 0.610. The highest BCUT2D eigenvalue weighted by Gasteiger charge is 2.43. The minimum Gasteiger partial charge on any atom is -0.292 e. The van der Waals surface area contributed by atoms with Gasteiger partial charge in [-0.15, -0.1) is 0 Å². The van der Waals surface area contributed by atoms with Crippen molar-refractivity contribution in [3.05, 3.63) is 0 Å². The number of likely N-dealkylation sites (tertiary alicyclic amines) is 1. The number of hydrogen-bond acceptors (Lipinski definition) is 3. The van der Waals surface area contributed by atoms with Crippen molar-refractivity contribution < 1.29 is 0 Å². The number of alkyl halides is 1. The Balaban J connectivity index is 1.83. The molecule has 0 aromatic rings. The van der Waals surface area contributed by atoms with Crippen LogP contribution in [0.15, 0.2) is 0 Å². The molecule has 0 aromatic heterocycles. The number of rotatable bonds is 1. The van der Waals surface area contributed by atoms with Crippen LogP contribution in [-0.4, -0.2) is 40.1 Å². The van der Waals surface area contributed by atoms with E-state index in [2.05, 4.69) is 34.4 Å². The average Bonchev–Trinajstić information content (AvgIpc) is 2.03. The van der Waals surface area contributed by atoms with Crippen LogP contribution in [0.2, 0.25) is 0 Å². The van der Waals surface area contributed by atoms with E-state index in [4.69, 9.17) is 5.84 Å². The third-order valence-corrected chi connectivity index (χ3v) is 4.23. The predicted molar refractivity (Wildman–Crippen MR) is 62.5 cm³/mol. The van der Waals surface area contributed by atoms with E-state index in [0.717, 1.165) is 13.1 Å². The molecule has 1 unspecified atom stereocenters. The summed E-state index contributed by atoms with van der Waals surface area (Å²) < 4.78 is 0.684. The first-order valence-corrected chi connectivity index (χ1v) is 6.24. The smallest absolute Gasteiger partial charge is 0.0589 e. The number of hydrazine groups is 1. The fourth-order valence-electron chi connectivity index (χ4n) is 2.49. The Bertz CT molecular complexity index is 179. The molecule has 0 radical (unpaired) electrons. The molecular formula is C9H18IN3. The molecule has 2 aliphatic heterocycles. The summed E-state index contributed by atoms with van der Waals surface area (Å²) in [5.41, 5.74) is 0.594. The Morgan fingerprint density at radius 1 is 1.31 bits per heavy atom. The summed E-state index contributed by atoms with van der Waals surface area (Å²) in [6.45, 7) is 7.04. The van der Waals surface area contributed by atoms with E-state index in [1.165, 1.54) is 25.9 Å². The number of nitrogens with two attached hydrogens (primary N) is 1. The van der Waals surface area contributed by atoms with Crippen LogP contribution in [0.5, 0.6) is 0 Å². The maximum absolute atomic E-state index is 5.70. The van der Waals surface area contributed by atoms with E-state index < -0.39 is 0 Å². The summed E-state index contributed by atoms with van der Waals surface area (Å²) in [7, 11) is 0. The highest BCUT2D eigenvalue weighted by Crippen LogP contribution is 2.39. The normalized spacial score (nSPS) is 31.6. The van der Waals surface area contributed by atoms with E-state index in [1.54, 1.807) is 0 Å². The maximum atomic E-state index is 5.70. The Morgan fingerprint density at radius 2 is 1.85 bits per heavy atom. The number of halogens is 1. The molecule has 4 heteroatoms. The largest absolute Gasteiger partial charge is 0.292 e. The molecule has 76 valence electrons. The van der Waals surface area contributed by atoms with E-state index >= 15 is 0 Å². The lowest BCUT2D eigenvalue weighted by molar-refractivity contribution is -0.0472. The van der Waals surface area contributed by atoms with Crippen LogP contribution in [0, 0.1) is 5.41 Å². The minimum absolute atomic E-state index is 0.594. The lowest BCUT2D eigenvalue weighted by atomic mass is 9.73. The van der Waals surface area contributed by atoms with Crippen molar-refractivity contribution in [2.45, 2.75) is 23.8 Å². The lowest BCUT2D eigenvalue weighted by Gasteiger charge is -2.52. The van der Waals surface area contributed by atoms with Gasteiger partial charge in [0.2, 0.25) is 0 Å². The van der Waals surface area contributed by atoms with Crippen LogP contribution in [-0.2, 0) is 0 Å². The van der Waals surface area contributed by atoms with E-state index in [1.807, 2.05) is 5.01 Å². The predicted octanol–water partition coefficient (Wildman–Crippen LogP) is 1.04. The first kappa shape index (κ1) is 10.1. The number of nitrogens with zero attached hydrogens (tertiary/aromatic N) is 2. The zero-order chi connectivity index (χ0) is 9.47. The molecule has 13 heavy (non-hydrogen) atoms. The van der Waals surface area contributed by atoms with Crippen molar-refractivity contribution in [1.29, 1.82) is 0 Å². The second kappa shape index (κ2) is 3.64. The summed E-state index contributed by atoms with van der Waals surface area (Å²) in [5, 5.41) is 1.95. The molecule has 2 N–H and O–H groups in total. The first-order valence-electron chi connectivity index (χ1n) is 4.99. The summed E-state index contributed by atoms with van der Waals surface area (Å²) in [4.78, 5) is 2.56. The minimum atomic E-state index is 0.594. The molecule has 3 nitrogen and oxygen atoms in total. The van der Waals surface area contributed by atoms with Gasteiger partial charge in [0.1, 0.15) is 0 Å². The van der Waals surface area contributed by atoms with Crippen molar-refractivity contribution in [1.82, 2.24) is 9.91 Å². The molecular weight excluding hydrogens is 277 g/mol. The summed E-state index contributed by atoms with van der Waals surface area (Å²) in [6.07, 6.45) is 2.68. The van der Waals surface area contributed by atoms with Crippen LogP contribution in [0.3, 0.4) is 0 Å². The Kier molecular flexibility index (Phi) is 2.84. The van der Waals surface area contributed by atoms with Gasteiger partial charge in [-0.3, -0.25) is 10.7 Å². The quantitative estimate of drug-likeness (QED) is 0.339. The standard InChI is InChI=1S/C9H18IN3/c1-8(10)12-4-2-9(3-5-12)6-13(11)7-9/h8H,2-7,11H2,1H3. The second-order valence-electron chi connectivity index (χ2n) is 4.51.